The summed E-state index contributed by atoms with van der Waals surface area (Å²) in [4.78, 5) is -0.162. The van der Waals surface area contributed by atoms with Crippen molar-refractivity contribution in [3.8, 4) is 5.75 Å². The van der Waals surface area contributed by atoms with Crippen molar-refractivity contribution in [1.29, 1.82) is 0 Å². The van der Waals surface area contributed by atoms with E-state index < -0.39 is 22.1 Å². The Kier molecular flexibility index (Phi) is 6.09. The minimum atomic E-state index is -4.84. The van der Waals surface area contributed by atoms with E-state index in [4.69, 9.17) is 9.15 Å². The van der Waals surface area contributed by atoms with Gasteiger partial charge in [-0.15, -0.1) is 13.2 Å². The highest BCUT2D eigenvalue weighted by Crippen LogP contribution is 2.25. The number of alkyl halides is 3. The first-order valence-electron chi connectivity index (χ1n) is 7.09. The molecule has 0 saturated carbocycles. The standard InChI is InChI=1S/C15H16F3NO5S/c1-22-10-8-19(11-13-3-2-9-23-13)25(20,21)14-6-4-12(5-7-14)24-15(16,17)18/h2-7,9H,8,10-11H2,1H3. The molecule has 25 heavy (non-hydrogen) atoms. The topological polar surface area (TPSA) is 69.0 Å². The number of furan rings is 1. The fourth-order valence-corrected chi connectivity index (χ4v) is 3.41. The molecule has 1 aromatic carbocycles. The number of hydrogen-bond donors (Lipinski definition) is 0. The van der Waals surface area contributed by atoms with Crippen molar-refractivity contribution in [3.05, 3.63) is 48.4 Å². The summed E-state index contributed by atoms with van der Waals surface area (Å²) in [5.41, 5.74) is 0. The fraction of sp³-hybridized carbons (Fsp3) is 0.333. The molecule has 0 aliphatic heterocycles. The molecule has 0 spiro atoms. The van der Waals surface area contributed by atoms with E-state index in [2.05, 4.69) is 4.74 Å². The van der Waals surface area contributed by atoms with Gasteiger partial charge in [0.2, 0.25) is 10.0 Å². The number of hydrogen-bond acceptors (Lipinski definition) is 5. The van der Waals surface area contributed by atoms with Gasteiger partial charge in [0.05, 0.1) is 24.3 Å². The molecule has 1 heterocycles. The molecule has 2 aromatic rings. The van der Waals surface area contributed by atoms with E-state index >= 15 is 0 Å². The van der Waals surface area contributed by atoms with Crippen molar-refractivity contribution in [2.75, 3.05) is 20.3 Å². The van der Waals surface area contributed by atoms with Crippen LogP contribution in [0.5, 0.6) is 5.75 Å². The van der Waals surface area contributed by atoms with Crippen molar-refractivity contribution in [2.45, 2.75) is 17.8 Å². The first-order chi connectivity index (χ1) is 11.7. The monoisotopic (exact) mass is 379 g/mol. The first-order valence-corrected chi connectivity index (χ1v) is 8.53. The van der Waals surface area contributed by atoms with Gasteiger partial charge in [0.25, 0.3) is 0 Å². The molecule has 0 unspecified atom stereocenters. The van der Waals surface area contributed by atoms with Gasteiger partial charge in [-0.1, -0.05) is 0 Å². The maximum Gasteiger partial charge on any atom is 0.573 e. The Hall–Kier alpha value is -2.04. The zero-order chi connectivity index (χ0) is 18.5. The van der Waals surface area contributed by atoms with Crippen LogP contribution in [-0.2, 0) is 21.3 Å². The van der Waals surface area contributed by atoms with Gasteiger partial charge in [-0.2, -0.15) is 4.31 Å². The Balaban J connectivity index is 2.22. The van der Waals surface area contributed by atoms with Crippen LogP contribution in [0.2, 0.25) is 0 Å². The van der Waals surface area contributed by atoms with Crippen molar-refractivity contribution >= 4 is 10.0 Å². The number of halogens is 3. The summed E-state index contributed by atoms with van der Waals surface area (Å²) in [5, 5.41) is 0. The van der Waals surface area contributed by atoms with Crippen molar-refractivity contribution in [3.63, 3.8) is 0 Å². The van der Waals surface area contributed by atoms with E-state index in [-0.39, 0.29) is 24.6 Å². The molecule has 0 amide bonds. The Morgan fingerprint density at radius 2 is 1.84 bits per heavy atom. The fourth-order valence-electron chi connectivity index (χ4n) is 2.02. The van der Waals surface area contributed by atoms with E-state index in [1.54, 1.807) is 12.1 Å². The molecule has 10 heteroatoms. The van der Waals surface area contributed by atoms with E-state index in [0.29, 0.717) is 5.76 Å². The van der Waals surface area contributed by atoms with Gasteiger partial charge in [0, 0.05) is 13.7 Å². The van der Waals surface area contributed by atoms with Crippen molar-refractivity contribution in [2.24, 2.45) is 0 Å². The first kappa shape index (κ1) is 19.3. The zero-order valence-electron chi connectivity index (χ0n) is 13.2. The Morgan fingerprint density at radius 1 is 1.16 bits per heavy atom. The third-order valence-corrected chi connectivity index (χ3v) is 5.01. The SMILES string of the molecule is COCCN(Cc1ccco1)S(=O)(=O)c1ccc(OC(F)(F)F)cc1. The Bertz CT molecular complexity index is 757. The number of rotatable bonds is 8. The van der Waals surface area contributed by atoms with Crippen molar-refractivity contribution < 1.29 is 35.5 Å². The molecule has 0 aliphatic rings. The van der Waals surface area contributed by atoms with Gasteiger partial charge in [-0.25, -0.2) is 8.42 Å². The summed E-state index contributed by atoms with van der Waals surface area (Å²) in [6, 6.07) is 7.25. The van der Waals surface area contributed by atoms with Gasteiger partial charge in [0.15, 0.2) is 0 Å². The molecular formula is C15H16F3NO5S. The van der Waals surface area contributed by atoms with E-state index in [1.807, 2.05) is 0 Å². The molecule has 6 nitrogen and oxygen atoms in total. The summed E-state index contributed by atoms with van der Waals surface area (Å²) in [6.07, 6.45) is -3.43. The predicted molar refractivity (Wildman–Crippen MR) is 81.3 cm³/mol. The second-order valence-corrected chi connectivity index (χ2v) is 6.87. The normalized spacial score (nSPS) is 12.5. The third kappa shape index (κ3) is 5.48. The van der Waals surface area contributed by atoms with Crippen molar-refractivity contribution in [1.82, 2.24) is 4.31 Å². The number of benzene rings is 1. The average molecular weight is 379 g/mol. The Morgan fingerprint density at radius 3 is 2.36 bits per heavy atom. The molecule has 2 rings (SSSR count). The van der Waals surface area contributed by atoms with Crippen LogP contribution in [0.3, 0.4) is 0 Å². The number of nitrogens with zero attached hydrogens (tertiary/aromatic N) is 1. The molecular weight excluding hydrogens is 363 g/mol. The lowest BCUT2D eigenvalue weighted by molar-refractivity contribution is -0.274. The molecule has 0 N–H and O–H groups in total. The van der Waals surface area contributed by atoms with Crippen LogP contribution in [0, 0.1) is 0 Å². The molecule has 0 atom stereocenters. The van der Waals surface area contributed by atoms with E-state index in [1.165, 1.54) is 13.4 Å². The summed E-state index contributed by atoms with van der Waals surface area (Å²) in [5.74, 6) is -0.0716. The minimum Gasteiger partial charge on any atom is -0.468 e. The number of ether oxygens (including phenoxy) is 2. The summed E-state index contributed by atoms with van der Waals surface area (Å²) >= 11 is 0. The largest absolute Gasteiger partial charge is 0.573 e. The lowest BCUT2D eigenvalue weighted by Crippen LogP contribution is -2.33. The number of methoxy groups -OCH3 is 1. The minimum absolute atomic E-state index is 0.0283. The summed E-state index contributed by atoms with van der Waals surface area (Å²) in [6.45, 7) is 0.176. The van der Waals surface area contributed by atoms with E-state index in [0.717, 1.165) is 28.6 Å². The van der Waals surface area contributed by atoms with Gasteiger partial charge < -0.3 is 13.9 Å². The van der Waals surface area contributed by atoms with Gasteiger partial charge >= 0.3 is 6.36 Å². The molecule has 138 valence electrons. The maximum atomic E-state index is 12.7. The molecule has 0 aliphatic carbocycles. The highest BCUT2D eigenvalue weighted by molar-refractivity contribution is 7.89. The smallest absolute Gasteiger partial charge is 0.468 e. The zero-order valence-corrected chi connectivity index (χ0v) is 14.0. The predicted octanol–water partition coefficient (Wildman–Crippen LogP) is 3.02. The highest BCUT2D eigenvalue weighted by Gasteiger charge is 2.31. The third-order valence-electron chi connectivity index (χ3n) is 3.15. The second kappa shape index (κ2) is 7.89. The molecule has 0 bridgehead atoms. The molecule has 0 saturated heterocycles. The molecule has 0 radical (unpaired) electrons. The quantitative estimate of drug-likeness (QED) is 0.705. The lowest BCUT2D eigenvalue weighted by atomic mass is 10.3. The molecule has 0 fully saturated rings. The van der Waals surface area contributed by atoms with Gasteiger partial charge in [-0.05, 0) is 36.4 Å². The highest BCUT2D eigenvalue weighted by atomic mass is 32.2. The van der Waals surface area contributed by atoms with Crippen LogP contribution in [0.15, 0.2) is 52.0 Å². The van der Waals surface area contributed by atoms with Crippen LogP contribution < -0.4 is 4.74 Å². The summed E-state index contributed by atoms with van der Waals surface area (Å²) < 4.78 is 76.9. The van der Waals surface area contributed by atoms with Gasteiger partial charge in [-0.3, -0.25) is 0 Å². The lowest BCUT2D eigenvalue weighted by Gasteiger charge is -2.21. The maximum absolute atomic E-state index is 12.7. The van der Waals surface area contributed by atoms with Crippen LogP contribution >= 0.6 is 0 Å². The van der Waals surface area contributed by atoms with Crippen LogP contribution in [0.1, 0.15) is 5.76 Å². The van der Waals surface area contributed by atoms with Crippen LogP contribution in [0.25, 0.3) is 0 Å². The number of sulfonamides is 1. The second-order valence-electron chi connectivity index (χ2n) is 4.93. The molecule has 1 aromatic heterocycles. The Labute approximate surface area is 142 Å². The van der Waals surface area contributed by atoms with E-state index in [9.17, 15) is 21.6 Å². The summed E-state index contributed by atoms with van der Waals surface area (Å²) in [7, 11) is -2.52. The van der Waals surface area contributed by atoms with Gasteiger partial charge in [0.1, 0.15) is 11.5 Å². The average Bonchev–Trinajstić information content (AvgIpc) is 3.03. The van der Waals surface area contributed by atoms with Crippen LogP contribution in [0.4, 0.5) is 13.2 Å². The van der Waals surface area contributed by atoms with Crippen LogP contribution in [-0.4, -0.2) is 39.3 Å².